The van der Waals surface area contributed by atoms with Crippen molar-refractivity contribution in [2.45, 2.75) is 124 Å². The number of alkyl halides is 17. The minimum atomic E-state index is -8.68. The molecule has 0 spiro atoms. The van der Waals surface area contributed by atoms with Crippen LogP contribution in [0.1, 0.15) is 59.1 Å². The number of aliphatic hydroxyl groups is 1. The van der Waals surface area contributed by atoms with E-state index in [9.17, 15) is 84.5 Å². The average Bonchev–Trinajstić information content (AvgIpc) is 3.11. The van der Waals surface area contributed by atoms with Crippen LogP contribution in [0.3, 0.4) is 0 Å². The Bertz CT molecular complexity index is 1540. The van der Waals surface area contributed by atoms with Crippen LogP contribution in [0.5, 0.6) is 5.75 Å². The van der Waals surface area contributed by atoms with Crippen LogP contribution in [-0.4, -0.2) is 100 Å². The first-order valence-corrected chi connectivity index (χ1v) is 19.7. The smallest absolute Gasteiger partial charge is 0.460 e. The van der Waals surface area contributed by atoms with Gasteiger partial charge in [0.1, 0.15) is 18.5 Å². The fourth-order valence-corrected chi connectivity index (χ4v) is 10.2. The monoisotopic (exact) mass is 910 g/mol. The highest BCUT2D eigenvalue weighted by molar-refractivity contribution is 6.76. The Kier molecular flexibility index (Phi) is 18.0. The van der Waals surface area contributed by atoms with Crippen molar-refractivity contribution in [2.24, 2.45) is 0 Å². The summed E-state index contributed by atoms with van der Waals surface area (Å²) in [5, 5.41) is 10.7. The van der Waals surface area contributed by atoms with Crippen LogP contribution in [0.15, 0.2) is 48.6 Å². The SMILES string of the molecule is CCOC(=O)/C=C/C=C/C[C@H](OC)[C@@H](O)c1ccc(OCCO[Si](CCC(F)(F)C(F)(F)C(F)(F)C(F)(F)C(F)(F)C(F)(F)C(F)(F)C(F)(F)F)(C(C)C)C(C)C)cc1. The van der Waals surface area contributed by atoms with Crippen molar-refractivity contribution in [1.29, 1.82) is 0 Å². The molecule has 342 valence electrons. The van der Waals surface area contributed by atoms with Crippen molar-refractivity contribution < 1.29 is 103 Å². The van der Waals surface area contributed by atoms with Gasteiger partial charge >= 0.3 is 53.6 Å². The topological polar surface area (TPSA) is 74.2 Å². The highest BCUT2D eigenvalue weighted by Gasteiger charge is 2.95. The number of ether oxygens (including phenoxy) is 3. The molecule has 0 aliphatic carbocycles. The first-order chi connectivity index (χ1) is 26.6. The van der Waals surface area contributed by atoms with Gasteiger partial charge in [0.2, 0.25) is 0 Å². The minimum Gasteiger partial charge on any atom is -0.491 e. The van der Waals surface area contributed by atoms with Gasteiger partial charge in [0.05, 0.1) is 19.3 Å². The summed E-state index contributed by atoms with van der Waals surface area (Å²) in [6, 6.07) is 4.36. The molecule has 0 saturated carbocycles. The van der Waals surface area contributed by atoms with E-state index in [4.69, 9.17) is 18.6 Å². The maximum absolute atomic E-state index is 14.9. The largest absolute Gasteiger partial charge is 0.491 e. The number of carbonyl (C=O) groups is 1. The molecule has 0 bridgehead atoms. The average molecular weight is 911 g/mol. The zero-order valence-corrected chi connectivity index (χ0v) is 33.1. The molecule has 0 unspecified atom stereocenters. The molecule has 1 rings (SSSR count). The standard InChI is InChI=1S/C35H43F17O6Si/c1-7-56-26(53)12-10-8-9-11-25(55-6)27(54)23-13-15-24(16-14-23)57-18-19-58-59(21(2)3,22(4)5)20-17-28(36,37)29(38,39)30(40,41)31(42,43)32(44,45)33(46,47)34(48,49)35(50,51)52/h8-10,12-16,21-22,25,27,54H,7,11,17-20H2,1-6H3/b9-8+,12-10+/t25-,27-/m0/s1. The van der Waals surface area contributed by atoms with E-state index in [1.807, 2.05) is 0 Å². The lowest BCUT2D eigenvalue weighted by molar-refractivity contribution is -0.461. The molecule has 6 nitrogen and oxygen atoms in total. The van der Waals surface area contributed by atoms with Gasteiger partial charge in [-0.1, -0.05) is 58.1 Å². The predicted molar refractivity (Wildman–Crippen MR) is 179 cm³/mol. The lowest BCUT2D eigenvalue weighted by Crippen LogP contribution is -2.74. The Morgan fingerprint density at radius 2 is 1.19 bits per heavy atom. The Morgan fingerprint density at radius 1 is 0.712 bits per heavy atom. The van der Waals surface area contributed by atoms with E-state index in [0.717, 1.165) is 0 Å². The number of halogens is 17. The number of hydrogen-bond acceptors (Lipinski definition) is 6. The predicted octanol–water partition coefficient (Wildman–Crippen LogP) is 11.4. The van der Waals surface area contributed by atoms with E-state index in [2.05, 4.69) is 0 Å². The fourth-order valence-electron chi connectivity index (χ4n) is 5.69. The maximum atomic E-state index is 14.9. The van der Waals surface area contributed by atoms with Crippen LogP contribution in [0.2, 0.25) is 17.1 Å². The summed E-state index contributed by atoms with van der Waals surface area (Å²) >= 11 is 0. The molecule has 0 aliphatic rings. The number of esters is 1. The normalized spacial score (nSPS) is 15.8. The van der Waals surface area contributed by atoms with E-state index in [-0.39, 0.29) is 25.4 Å². The lowest BCUT2D eigenvalue weighted by atomic mass is 9.88. The highest BCUT2D eigenvalue weighted by atomic mass is 28.4. The molecule has 0 amide bonds. The molecule has 1 aromatic rings. The molecule has 0 saturated heterocycles. The quantitative estimate of drug-likeness (QED) is 0.0278. The summed E-state index contributed by atoms with van der Waals surface area (Å²) in [4.78, 5) is 11.3. The fraction of sp³-hybridized carbons (Fsp3) is 0.686. The molecule has 24 heteroatoms. The first-order valence-electron chi connectivity index (χ1n) is 17.4. The second-order valence-corrected chi connectivity index (χ2v) is 18.7. The highest BCUT2D eigenvalue weighted by Crippen LogP contribution is 2.64. The van der Waals surface area contributed by atoms with Crippen molar-refractivity contribution >= 4 is 14.3 Å². The number of rotatable bonds is 24. The van der Waals surface area contributed by atoms with Crippen molar-refractivity contribution in [3.05, 3.63) is 54.1 Å². The van der Waals surface area contributed by atoms with E-state index in [1.54, 1.807) is 13.0 Å². The van der Waals surface area contributed by atoms with Crippen LogP contribution in [0.4, 0.5) is 74.6 Å². The zero-order chi connectivity index (χ0) is 46.3. The summed E-state index contributed by atoms with van der Waals surface area (Å²) in [6.07, 6.45) is -6.31. The van der Waals surface area contributed by atoms with E-state index in [1.165, 1.54) is 77.3 Å². The number of carbonyl (C=O) groups excluding carboxylic acids is 1. The van der Waals surface area contributed by atoms with Gasteiger partial charge in [-0.2, -0.15) is 74.6 Å². The van der Waals surface area contributed by atoms with Crippen molar-refractivity contribution in [1.82, 2.24) is 0 Å². The lowest BCUT2D eigenvalue weighted by Gasteiger charge is -2.44. The van der Waals surface area contributed by atoms with E-state index < -0.39 is 104 Å². The Hall–Kier alpha value is -3.12. The van der Waals surface area contributed by atoms with Crippen LogP contribution in [-0.2, 0) is 18.7 Å². The van der Waals surface area contributed by atoms with E-state index >= 15 is 0 Å². The Morgan fingerprint density at radius 3 is 1.63 bits per heavy atom. The summed E-state index contributed by atoms with van der Waals surface area (Å²) in [6.45, 7) is 6.23. The molecule has 59 heavy (non-hydrogen) atoms. The van der Waals surface area contributed by atoms with Gasteiger partial charge in [-0.25, -0.2) is 4.79 Å². The van der Waals surface area contributed by atoms with Crippen LogP contribution in [0, 0.1) is 0 Å². The van der Waals surface area contributed by atoms with Gasteiger partial charge in [-0.05, 0) is 48.2 Å². The van der Waals surface area contributed by atoms with Gasteiger partial charge in [0, 0.05) is 19.6 Å². The maximum Gasteiger partial charge on any atom is 0.460 e. The second-order valence-electron chi connectivity index (χ2n) is 13.7. The zero-order valence-electron chi connectivity index (χ0n) is 32.1. The summed E-state index contributed by atoms with van der Waals surface area (Å²) < 4.78 is 256. The van der Waals surface area contributed by atoms with Gasteiger partial charge in [-0.15, -0.1) is 0 Å². The molecule has 0 heterocycles. The van der Waals surface area contributed by atoms with Gasteiger partial charge in [-0.3, -0.25) is 0 Å². The van der Waals surface area contributed by atoms with Gasteiger partial charge < -0.3 is 23.7 Å². The molecule has 1 aromatic carbocycles. The van der Waals surface area contributed by atoms with Gasteiger partial charge in [0.15, 0.2) is 8.32 Å². The minimum absolute atomic E-state index is 0.147. The third-order valence-electron chi connectivity index (χ3n) is 9.31. The molecule has 0 aromatic heterocycles. The number of hydrogen-bond donors (Lipinski definition) is 1. The summed E-state index contributed by atoms with van der Waals surface area (Å²) in [5.74, 6) is -57.1. The molecule has 0 radical (unpaired) electrons. The molecule has 0 aliphatic heterocycles. The molecule has 1 N–H and O–H groups in total. The second kappa shape index (κ2) is 19.7. The van der Waals surface area contributed by atoms with E-state index in [0.29, 0.717) is 5.56 Å². The van der Waals surface area contributed by atoms with Crippen LogP contribution >= 0.6 is 0 Å². The Labute approximate surface area is 328 Å². The van der Waals surface area contributed by atoms with Crippen molar-refractivity contribution in [3.8, 4) is 5.75 Å². The number of benzene rings is 1. The van der Waals surface area contributed by atoms with Crippen molar-refractivity contribution in [3.63, 3.8) is 0 Å². The molecular formula is C35H43F17O6Si. The van der Waals surface area contributed by atoms with Gasteiger partial charge in [0.25, 0.3) is 0 Å². The number of allylic oxidation sites excluding steroid dienone is 2. The molecule has 0 fully saturated rings. The first kappa shape index (κ1) is 53.9. The third kappa shape index (κ3) is 11.0. The Balaban J connectivity index is 3.16. The van der Waals surface area contributed by atoms with Crippen LogP contribution < -0.4 is 4.74 Å². The van der Waals surface area contributed by atoms with Crippen molar-refractivity contribution in [2.75, 3.05) is 26.9 Å². The summed E-state index contributed by atoms with van der Waals surface area (Å²) in [7, 11) is -2.62. The van der Waals surface area contributed by atoms with Crippen LogP contribution in [0.25, 0.3) is 0 Å². The summed E-state index contributed by atoms with van der Waals surface area (Å²) in [5.41, 5.74) is -1.36. The number of methoxy groups -OCH3 is 1. The molecular weight excluding hydrogens is 867 g/mol. The number of aliphatic hydroxyl groups excluding tert-OH is 1. The third-order valence-corrected chi connectivity index (χ3v) is 15.0. The molecule has 2 atom stereocenters.